The van der Waals surface area contributed by atoms with Crippen molar-refractivity contribution in [1.29, 1.82) is 0 Å². The monoisotopic (exact) mass is 248 g/mol. The molecule has 0 aliphatic rings. The van der Waals surface area contributed by atoms with Crippen LogP contribution >= 0.6 is 0 Å². The van der Waals surface area contributed by atoms with E-state index in [1.54, 1.807) is 12.1 Å². The standard InChI is InChI=1S/C14H20N2O2/c1-10(2)15-13(17)9-11(3)16-14(18)12-7-5-4-6-8-12/h4-8,10-11H,9H2,1-3H3,(H,15,17)(H,16,18). The van der Waals surface area contributed by atoms with E-state index in [1.165, 1.54) is 0 Å². The Labute approximate surface area is 108 Å². The number of benzene rings is 1. The summed E-state index contributed by atoms with van der Waals surface area (Å²) in [5.74, 6) is -0.202. The quantitative estimate of drug-likeness (QED) is 0.833. The summed E-state index contributed by atoms with van der Waals surface area (Å²) in [6.07, 6.45) is 0.288. The van der Waals surface area contributed by atoms with Gasteiger partial charge in [0, 0.05) is 24.1 Å². The van der Waals surface area contributed by atoms with Crippen LogP contribution in [0.1, 0.15) is 37.6 Å². The molecule has 1 aromatic rings. The van der Waals surface area contributed by atoms with Gasteiger partial charge in [0.25, 0.3) is 5.91 Å². The first-order chi connectivity index (χ1) is 8.49. The molecule has 4 heteroatoms. The van der Waals surface area contributed by atoms with Gasteiger partial charge in [-0.25, -0.2) is 0 Å². The summed E-state index contributed by atoms with van der Waals surface area (Å²) in [6.45, 7) is 5.64. The lowest BCUT2D eigenvalue weighted by Crippen LogP contribution is -2.39. The van der Waals surface area contributed by atoms with Crippen LogP contribution in [0.3, 0.4) is 0 Å². The molecule has 98 valence electrons. The fourth-order valence-corrected chi connectivity index (χ4v) is 1.61. The maximum absolute atomic E-state index is 11.8. The minimum atomic E-state index is -0.184. The van der Waals surface area contributed by atoms with Crippen LogP contribution in [0.2, 0.25) is 0 Å². The van der Waals surface area contributed by atoms with Crippen LogP contribution < -0.4 is 10.6 Å². The highest BCUT2D eigenvalue weighted by atomic mass is 16.2. The van der Waals surface area contributed by atoms with Crippen molar-refractivity contribution in [3.8, 4) is 0 Å². The molecule has 0 aliphatic heterocycles. The first-order valence-electron chi connectivity index (χ1n) is 6.14. The Morgan fingerprint density at radius 1 is 1.06 bits per heavy atom. The fraction of sp³-hybridized carbons (Fsp3) is 0.429. The average molecular weight is 248 g/mol. The van der Waals surface area contributed by atoms with E-state index < -0.39 is 0 Å². The van der Waals surface area contributed by atoms with Gasteiger partial charge in [0.05, 0.1) is 0 Å². The van der Waals surface area contributed by atoms with Gasteiger partial charge in [0.2, 0.25) is 5.91 Å². The third kappa shape index (κ3) is 4.99. The van der Waals surface area contributed by atoms with Gasteiger partial charge in [0.1, 0.15) is 0 Å². The fourth-order valence-electron chi connectivity index (χ4n) is 1.61. The number of rotatable bonds is 5. The van der Waals surface area contributed by atoms with Crippen molar-refractivity contribution in [2.24, 2.45) is 0 Å². The van der Waals surface area contributed by atoms with E-state index in [0.717, 1.165) is 0 Å². The third-order valence-corrected chi connectivity index (χ3v) is 2.35. The van der Waals surface area contributed by atoms with Gasteiger partial charge in [-0.05, 0) is 32.9 Å². The summed E-state index contributed by atoms with van der Waals surface area (Å²) in [6, 6.07) is 8.91. The highest BCUT2D eigenvalue weighted by Gasteiger charge is 2.13. The molecular weight excluding hydrogens is 228 g/mol. The van der Waals surface area contributed by atoms with Crippen LogP contribution in [-0.4, -0.2) is 23.9 Å². The van der Waals surface area contributed by atoms with Gasteiger partial charge in [-0.15, -0.1) is 0 Å². The van der Waals surface area contributed by atoms with E-state index in [2.05, 4.69) is 10.6 Å². The van der Waals surface area contributed by atoms with E-state index in [4.69, 9.17) is 0 Å². The zero-order valence-electron chi connectivity index (χ0n) is 11.1. The maximum Gasteiger partial charge on any atom is 0.251 e. The Hall–Kier alpha value is -1.84. The normalized spacial score (nSPS) is 12.0. The van der Waals surface area contributed by atoms with Crippen molar-refractivity contribution < 1.29 is 9.59 Å². The molecular formula is C14H20N2O2. The molecule has 0 fully saturated rings. The minimum absolute atomic E-state index is 0.0501. The molecule has 0 heterocycles. The van der Waals surface area contributed by atoms with Crippen LogP contribution in [0.4, 0.5) is 0 Å². The molecule has 0 radical (unpaired) electrons. The molecule has 0 saturated carbocycles. The number of nitrogens with one attached hydrogen (secondary N) is 2. The van der Waals surface area contributed by atoms with Crippen LogP contribution in [0.15, 0.2) is 30.3 Å². The summed E-state index contributed by atoms with van der Waals surface area (Å²) in [5.41, 5.74) is 0.605. The summed E-state index contributed by atoms with van der Waals surface area (Å²) >= 11 is 0. The Balaban J connectivity index is 2.43. The first-order valence-corrected chi connectivity index (χ1v) is 6.14. The largest absolute Gasteiger partial charge is 0.354 e. The van der Waals surface area contributed by atoms with Crippen molar-refractivity contribution in [2.75, 3.05) is 0 Å². The lowest BCUT2D eigenvalue weighted by atomic mass is 10.1. The predicted molar refractivity (Wildman–Crippen MR) is 71.3 cm³/mol. The second kappa shape index (κ2) is 6.79. The number of hydrogen-bond donors (Lipinski definition) is 2. The minimum Gasteiger partial charge on any atom is -0.354 e. The van der Waals surface area contributed by atoms with Crippen LogP contribution in [-0.2, 0) is 4.79 Å². The van der Waals surface area contributed by atoms with E-state index in [0.29, 0.717) is 5.56 Å². The molecule has 0 aromatic heterocycles. The van der Waals surface area contributed by atoms with Gasteiger partial charge in [0.15, 0.2) is 0 Å². The van der Waals surface area contributed by atoms with E-state index in [9.17, 15) is 9.59 Å². The second-order valence-corrected chi connectivity index (χ2v) is 4.67. The van der Waals surface area contributed by atoms with E-state index in [-0.39, 0.29) is 30.3 Å². The van der Waals surface area contributed by atoms with E-state index >= 15 is 0 Å². The van der Waals surface area contributed by atoms with Gasteiger partial charge in [-0.1, -0.05) is 18.2 Å². The molecule has 18 heavy (non-hydrogen) atoms. The summed E-state index contributed by atoms with van der Waals surface area (Å²) in [5, 5.41) is 5.60. The number of carbonyl (C=O) groups is 2. The number of amides is 2. The van der Waals surface area contributed by atoms with Crippen LogP contribution in [0, 0.1) is 0 Å². The van der Waals surface area contributed by atoms with Gasteiger partial charge in [-0.2, -0.15) is 0 Å². The molecule has 2 N–H and O–H groups in total. The van der Waals surface area contributed by atoms with Crippen LogP contribution in [0.25, 0.3) is 0 Å². The molecule has 0 saturated heterocycles. The lowest BCUT2D eigenvalue weighted by Gasteiger charge is -2.15. The Morgan fingerprint density at radius 2 is 1.67 bits per heavy atom. The highest BCUT2D eigenvalue weighted by Crippen LogP contribution is 2.00. The highest BCUT2D eigenvalue weighted by molar-refractivity contribution is 5.94. The molecule has 1 rings (SSSR count). The number of hydrogen-bond acceptors (Lipinski definition) is 2. The van der Waals surface area contributed by atoms with Crippen molar-refractivity contribution in [1.82, 2.24) is 10.6 Å². The van der Waals surface area contributed by atoms with Crippen molar-refractivity contribution >= 4 is 11.8 Å². The summed E-state index contributed by atoms with van der Waals surface area (Å²) in [7, 11) is 0. The average Bonchev–Trinajstić information content (AvgIpc) is 2.28. The number of carbonyl (C=O) groups excluding carboxylic acids is 2. The molecule has 0 aliphatic carbocycles. The predicted octanol–water partition coefficient (Wildman–Crippen LogP) is 1.72. The Kier molecular flexibility index (Phi) is 5.36. The summed E-state index contributed by atoms with van der Waals surface area (Å²) < 4.78 is 0. The van der Waals surface area contributed by atoms with Crippen molar-refractivity contribution in [2.45, 2.75) is 39.3 Å². The molecule has 1 aromatic carbocycles. The second-order valence-electron chi connectivity index (χ2n) is 4.67. The van der Waals surface area contributed by atoms with Gasteiger partial charge < -0.3 is 10.6 Å². The van der Waals surface area contributed by atoms with Crippen molar-refractivity contribution in [3.05, 3.63) is 35.9 Å². The van der Waals surface area contributed by atoms with Crippen molar-refractivity contribution in [3.63, 3.8) is 0 Å². The van der Waals surface area contributed by atoms with Gasteiger partial charge >= 0.3 is 0 Å². The van der Waals surface area contributed by atoms with Crippen LogP contribution in [0.5, 0.6) is 0 Å². The van der Waals surface area contributed by atoms with E-state index in [1.807, 2.05) is 39.0 Å². The Bertz CT molecular complexity index is 402. The zero-order valence-corrected chi connectivity index (χ0v) is 11.1. The third-order valence-electron chi connectivity index (χ3n) is 2.35. The van der Waals surface area contributed by atoms with Gasteiger partial charge in [-0.3, -0.25) is 9.59 Å². The molecule has 1 unspecified atom stereocenters. The molecule has 0 spiro atoms. The molecule has 1 atom stereocenters. The molecule has 4 nitrogen and oxygen atoms in total. The molecule has 0 bridgehead atoms. The zero-order chi connectivity index (χ0) is 13.5. The maximum atomic E-state index is 11.8. The molecule has 2 amide bonds. The summed E-state index contributed by atoms with van der Waals surface area (Å²) in [4.78, 5) is 23.3. The Morgan fingerprint density at radius 3 is 2.22 bits per heavy atom. The smallest absolute Gasteiger partial charge is 0.251 e. The SMILES string of the molecule is CC(C)NC(=O)CC(C)NC(=O)c1ccccc1. The topological polar surface area (TPSA) is 58.2 Å². The first kappa shape index (κ1) is 14.2. The lowest BCUT2D eigenvalue weighted by molar-refractivity contribution is -0.121.